The Morgan fingerprint density at radius 3 is 3.00 bits per heavy atom. The van der Waals surface area contributed by atoms with Gasteiger partial charge in [0.05, 0.1) is 11.7 Å². The van der Waals surface area contributed by atoms with Gasteiger partial charge < -0.3 is 9.47 Å². The van der Waals surface area contributed by atoms with Crippen molar-refractivity contribution in [1.82, 2.24) is 14.5 Å². The zero-order valence-electron chi connectivity index (χ0n) is 11.0. The molecule has 96 valence electrons. The third-order valence-electron chi connectivity index (χ3n) is 3.47. The summed E-state index contributed by atoms with van der Waals surface area (Å²) in [5.74, 6) is 0.954. The molecule has 0 saturated carbocycles. The lowest BCUT2D eigenvalue weighted by molar-refractivity contribution is -0.119. The van der Waals surface area contributed by atoms with Crippen molar-refractivity contribution in [2.45, 2.75) is 25.8 Å². The predicted molar refractivity (Wildman–Crippen MR) is 71.8 cm³/mol. The highest BCUT2D eigenvalue weighted by Crippen LogP contribution is 2.30. The van der Waals surface area contributed by atoms with Crippen LogP contribution in [0.15, 0.2) is 24.9 Å². The van der Waals surface area contributed by atoms with Crippen molar-refractivity contribution in [3.05, 3.63) is 36.4 Å². The molecule has 0 N–H and O–H groups in total. The smallest absolute Gasteiger partial charge is 0.210 e. The van der Waals surface area contributed by atoms with Crippen molar-refractivity contribution in [3.63, 3.8) is 0 Å². The first-order chi connectivity index (χ1) is 8.71. The summed E-state index contributed by atoms with van der Waals surface area (Å²) in [6.45, 7) is 6.59. The van der Waals surface area contributed by atoms with Gasteiger partial charge in [-0.15, -0.1) is 0 Å². The van der Waals surface area contributed by atoms with Crippen LogP contribution in [0.3, 0.4) is 0 Å². The van der Waals surface area contributed by atoms with Crippen LogP contribution in [0.2, 0.25) is 0 Å². The second-order valence-electron chi connectivity index (χ2n) is 4.54. The summed E-state index contributed by atoms with van der Waals surface area (Å²) in [4.78, 5) is 17.5. The molecule has 4 nitrogen and oxygen atoms in total. The maximum atomic E-state index is 11.0. The molecule has 1 aromatic rings. The molecule has 2 rings (SSSR count). The summed E-state index contributed by atoms with van der Waals surface area (Å²) in [5.41, 5.74) is 1.94. The van der Waals surface area contributed by atoms with Crippen LogP contribution in [0.4, 0.5) is 0 Å². The van der Waals surface area contributed by atoms with Crippen LogP contribution in [0, 0.1) is 0 Å². The molecule has 1 aliphatic rings. The number of nitrogens with zero attached hydrogens (tertiary/aromatic N) is 3. The van der Waals surface area contributed by atoms with Crippen molar-refractivity contribution in [3.8, 4) is 0 Å². The number of carbonyl (C=O) groups is 1. The molecule has 0 bridgehead atoms. The number of allylic oxidation sites excluding steroid dienone is 3. The van der Waals surface area contributed by atoms with E-state index in [1.807, 2.05) is 35.7 Å². The lowest BCUT2D eigenvalue weighted by atomic mass is 10.2. The minimum absolute atomic E-state index is 0.115. The molecular weight excluding hydrogens is 226 g/mol. The van der Waals surface area contributed by atoms with Gasteiger partial charge in [0.1, 0.15) is 5.82 Å². The zero-order chi connectivity index (χ0) is 13.1. The highest BCUT2D eigenvalue weighted by molar-refractivity contribution is 5.70. The van der Waals surface area contributed by atoms with Crippen LogP contribution in [0.1, 0.15) is 37.3 Å². The largest absolute Gasteiger partial charge is 0.336 e. The molecule has 18 heavy (non-hydrogen) atoms. The summed E-state index contributed by atoms with van der Waals surface area (Å²) in [6.07, 6.45) is 8.75. The lowest BCUT2D eigenvalue weighted by Gasteiger charge is -2.19. The Balaban J connectivity index is 2.35. The van der Waals surface area contributed by atoms with E-state index in [2.05, 4.69) is 11.6 Å². The van der Waals surface area contributed by atoms with E-state index in [1.54, 1.807) is 6.08 Å². The summed E-state index contributed by atoms with van der Waals surface area (Å²) in [5, 5.41) is 0. The van der Waals surface area contributed by atoms with E-state index in [0.717, 1.165) is 42.9 Å². The number of amides is 1. The van der Waals surface area contributed by atoms with Gasteiger partial charge in [-0.2, -0.15) is 0 Å². The maximum absolute atomic E-state index is 11.0. The Kier molecular flexibility index (Phi) is 3.65. The number of rotatable bonds is 4. The standard InChI is InChI=1S/C14H19N3O/c1-4-11(5-2)12-9-16(3)14(15-12)13-7-6-8-17(13)10-18/h4-5,9-10,13H,1,6-8H2,2-3H3/b11-5+. The van der Waals surface area contributed by atoms with Gasteiger partial charge in [0.25, 0.3) is 0 Å². The van der Waals surface area contributed by atoms with Crippen molar-refractivity contribution < 1.29 is 4.79 Å². The van der Waals surface area contributed by atoms with Crippen LogP contribution in [-0.4, -0.2) is 27.4 Å². The highest BCUT2D eigenvalue weighted by Gasteiger charge is 2.28. The van der Waals surface area contributed by atoms with Crippen molar-refractivity contribution in [2.24, 2.45) is 7.05 Å². The number of imidazole rings is 1. The van der Waals surface area contributed by atoms with E-state index >= 15 is 0 Å². The molecule has 1 amide bonds. The molecule has 0 radical (unpaired) electrons. The van der Waals surface area contributed by atoms with Crippen LogP contribution in [0.25, 0.3) is 5.57 Å². The number of likely N-dealkylation sites (tertiary alicyclic amines) is 1. The van der Waals surface area contributed by atoms with E-state index in [4.69, 9.17) is 0 Å². The minimum atomic E-state index is 0.115. The SMILES string of the molecule is C=C/C(=C\C)c1cn(C)c(C2CCCN2C=O)n1. The Hall–Kier alpha value is -1.84. The second-order valence-corrected chi connectivity index (χ2v) is 4.54. The fourth-order valence-corrected chi connectivity index (χ4v) is 2.49. The maximum Gasteiger partial charge on any atom is 0.210 e. The predicted octanol–water partition coefficient (Wildman–Crippen LogP) is 2.30. The first-order valence-electron chi connectivity index (χ1n) is 6.24. The van der Waals surface area contributed by atoms with E-state index in [1.165, 1.54) is 0 Å². The molecule has 0 aromatic carbocycles. The number of aromatic nitrogens is 2. The average Bonchev–Trinajstić information content (AvgIpc) is 2.96. The topological polar surface area (TPSA) is 38.1 Å². The molecule has 1 aromatic heterocycles. The first-order valence-corrected chi connectivity index (χ1v) is 6.24. The van der Waals surface area contributed by atoms with E-state index in [9.17, 15) is 4.79 Å². The summed E-state index contributed by atoms with van der Waals surface area (Å²) < 4.78 is 2.01. The molecule has 1 saturated heterocycles. The Morgan fingerprint density at radius 2 is 2.39 bits per heavy atom. The normalized spacial score (nSPS) is 20.2. The first kappa shape index (κ1) is 12.6. The third kappa shape index (κ3) is 2.10. The van der Waals surface area contributed by atoms with E-state index in [-0.39, 0.29) is 6.04 Å². The molecule has 2 heterocycles. The van der Waals surface area contributed by atoms with Gasteiger partial charge >= 0.3 is 0 Å². The van der Waals surface area contributed by atoms with Gasteiger partial charge in [-0.1, -0.05) is 18.7 Å². The zero-order valence-corrected chi connectivity index (χ0v) is 11.0. The number of aryl methyl sites for hydroxylation is 1. The third-order valence-corrected chi connectivity index (χ3v) is 3.47. The summed E-state index contributed by atoms with van der Waals surface area (Å²) in [6, 6.07) is 0.115. The Morgan fingerprint density at radius 1 is 1.61 bits per heavy atom. The summed E-state index contributed by atoms with van der Waals surface area (Å²) >= 11 is 0. The molecule has 1 aliphatic heterocycles. The molecule has 0 spiro atoms. The van der Waals surface area contributed by atoms with Crippen molar-refractivity contribution >= 4 is 12.0 Å². The molecule has 4 heteroatoms. The van der Waals surface area contributed by atoms with Gasteiger partial charge in [-0.25, -0.2) is 4.98 Å². The summed E-state index contributed by atoms with van der Waals surface area (Å²) in [7, 11) is 1.98. The quantitative estimate of drug-likeness (QED) is 0.603. The fourth-order valence-electron chi connectivity index (χ4n) is 2.49. The van der Waals surface area contributed by atoms with Gasteiger partial charge in [0.2, 0.25) is 6.41 Å². The number of hydrogen-bond donors (Lipinski definition) is 0. The van der Waals surface area contributed by atoms with Crippen LogP contribution < -0.4 is 0 Å². The number of carbonyl (C=O) groups excluding carboxylic acids is 1. The minimum Gasteiger partial charge on any atom is -0.336 e. The van der Waals surface area contributed by atoms with Gasteiger partial charge in [0, 0.05) is 19.8 Å². The Bertz CT molecular complexity index is 487. The molecule has 1 fully saturated rings. The molecule has 1 unspecified atom stereocenters. The average molecular weight is 245 g/mol. The molecule has 0 aliphatic carbocycles. The van der Waals surface area contributed by atoms with E-state index < -0.39 is 0 Å². The molecule has 1 atom stereocenters. The lowest BCUT2D eigenvalue weighted by Crippen LogP contribution is -2.23. The second kappa shape index (κ2) is 5.21. The van der Waals surface area contributed by atoms with Crippen LogP contribution >= 0.6 is 0 Å². The number of hydrogen-bond acceptors (Lipinski definition) is 2. The van der Waals surface area contributed by atoms with Crippen molar-refractivity contribution in [2.75, 3.05) is 6.54 Å². The van der Waals surface area contributed by atoms with Crippen LogP contribution in [0.5, 0.6) is 0 Å². The highest BCUT2D eigenvalue weighted by atomic mass is 16.1. The fraction of sp³-hybridized carbons (Fsp3) is 0.429. The van der Waals surface area contributed by atoms with Gasteiger partial charge in [-0.3, -0.25) is 4.79 Å². The molecular formula is C14H19N3O. The van der Waals surface area contributed by atoms with E-state index in [0.29, 0.717) is 0 Å². The van der Waals surface area contributed by atoms with Gasteiger partial charge in [0.15, 0.2) is 0 Å². The Labute approximate surface area is 108 Å². The van der Waals surface area contributed by atoms with Crippen molar-refractivity contribution in [1.29, 1.82) is 0 Å². The van der Waals surface area contributed by atoms with Gasteiger partial charge in [-0.05, 0) is 25.3 Å². The monoisotopic (exact) mass is 245 g/mol. The van der Waals surface area contributed by atoms with Crippen LogP contribution in [-0.2, 0) is 11.8 Å².